The van der Waals surface area contributed by atoms with E-state index >= 15 is 0 Å². The van der Waals surface area contributed by atoms with Crippen LogP contribution in [0, 0.1) is 5.41 Å². The zero-order chi connectivity index (χ0) is 10.2. The molecular weight excluding hydrogens is 172 g/mol. The maximum atomic E-state index is 6.00. The van der Waals surface area contributed by atoms with Crippen molar-refractivity contribution in [2.24, 2.45) is 11.1 Å². The molecule has 1 saturated heterocycles. The lowest BCUT2D eigenvalue weighted by Crippen LogP contribution is -2.51. The van der Waals surface area contributed by atoms with E-state index < -0.39 is 0 Å². The van der Waals surface area contributed by atoms with Crippen molar-refractivity contribution in [3.05, 3.63) is 0 Å². The van der Waals surface area contributed by atoms with Gasteiger partial charge < -0.3 is 5.73 Å². The second-order valence-electron chi connectivity index (χ2n) is 5.97. The lowest BCUT2D eigenvalue weighted by Gasteiger charge is -2.38. The molecular formula is C12H24N2. The lowest BCUT2D eigenvalue weighted by molar-refractivity contribution is 0.117. The minimum Gasteiger partial charge on any atom is -0.329 e. The van der Waals surface area contributed by atoms with Gasteiger partial charge in [-0.1, -0.05) is 26.7 Å². The second kappa shape index (κ2) is 3.49. The van der Waals surface area contributed by atoms with Crippen LogP contribution in [0.2, 0.25) is 0 Å². The van der Waals surface area contributed by atoms with Crippen LogP contribution in [0.1, 0.15) is 46.0 Å². The summed E-state index contributed by atoms with van der Waals surface area (Å²) < 4.78 is 0. The van der Waals surface area contributed by atoms with E-state index in [-0.39, 0.29) is 0 Å². The Kier molecular flexibility index (Phi) is 2.61. The molecule has 2 fully saturated rings. The van der Waals surface area contributed by atoms with Crippen LogP contribution in [0.4, 0.5) is 0 Å². The average molecular weight is 196 g/mol. The number of nitrogens with zero attached hydrogens (tertiary/aromatic N) is 1. The molecule has 0 amide bonds. The van der Waals surface area contributed by atoms with E-state index in [1.165, 1.54) is 45.2 Å². The summed E-state index contributed by atoms with van der Waals surface area (Å²) in [6, 6.07) is 0. The van der Waals surface area contributed by atoms with Crippen LogP contribution >= 0.6 is 0 Å². The largest absolute Gasteiger partial charge is 0.329 e. The minimum absolute atomic E-state index is 0.383. The maximum absolute atomic E-state index is 6.00. The first-order valence-electron chi connectivity index (χ1n) is 6.03. The molecule has 1 aliphatic carbocycles. The number of likely N-dealkylation sites (tertiary alicyclic amines) is 1. The smallest absolute Gasteiger partial charge is 0.0331 e. The highest BCUT2D eigenvalue weighted by molar-refractivity contribution is 5.00. The third kappa shape index (κ3) is 1.70. The number of hydrogen-bond donors (Lipinski definition) is 1. The zero-order valence-corrected chi connectivity index (χ0v) is 9.68. The molecule has 2 N–H and O–H groups in total. The summed E-state index contributed by atoms with van der Waals surface area (Å²) >= 11 is 0. The van der Waals surface area contributed by atoms with E-state index in [0.717, 1.165) is 6.54 Å². The van der Waals surface area contributed by atoms with Crippen LogP contribution in [0.25, 0.3) is 0 Å². The Morgan fingerprint density at radius 1 is 1.14 bits per heavy atom. The van der Waals surface area contributed by atoms with Crippen molar-refractivity contribution >= 4 is 0 Å². The van der Waals surface area contributed by atoms with Gasteiger partial charge in [-0.2, -0.15) is 0 Å². The topological polar surface area (TPSA) is 29.3 Å². The van der Waals surface area contributed by atoms with Gasteiger partial charge in [0.2, 0.25) is 0 Å². The van der Waals surface area contributed by atoms with Crippen LogP contribution in [-0.2, 0) is 0 Å². The van der Waals surface area contributed by atoms with Crippen molar-refractivity contribution in [2.45, 2.75) is 51.5 Å². The first-order valence-corrected chi connectivity index (χ1v) is 6.03. The van der Waals surface area contributed by atoms with Gasteiger partial charge in [-0.05, 0) is 31.2 Å². The van der Waals surface area contributed by atoms with Gasteiger partial charge >= 0.3 is 0 Å². The first-order chi connectivity index (χ1) is 6.58. The predicted octanol–water partition coefficient (Wildman–Crippen LogP) is 1.99. The molecule has 0 atom stereocenters. The van der Waals surface area contributed by atoms with Gasteiger partial charge in [0.05, 0.1) is 0 Å². The molecule has 0 radical (unpaired) electrons. The highest BCUT2D eigenvalue weighted by Crippen LogP contribution is 2.40. The SMILES string of the molecule is CC1(C)CCN(C2(CN)CCCC2)C1. The van der Waals surface area contributed by atoms with Crippen LogP contribution in [0.3, 0.4) is 0 Å². The Bertz CT molecular complexity index is 204. The molecule has 1 aliphatic heterocycles. The molecule has 0 spiro atoms. The summed E-state index contributed by atoms with van der Waals surface area (Å²) in [7, 11) is 0. The first kappa shape index (κ1) is 10.4. The zero-order valence-electron chi connectivity index (χ0n) is 9.68. The Morgan fingerprint density at radius 2 is 1.79 bits per heavy atom. The van der Waals surface area contributed by atoms with E-state index in [1.54, 1.807) is 0 Å². The highest BCUT2D eigenvalue weighted by atomic mass is 15.2. The molecule has 0 aromatic rings. The van der Waals surface area contributed by atoms with E-state index in [0.29, 0.717) is 11.0 Å². The van der Waals surface area contributed by atoms with Crippen molar-refractivity contribution in [3.8, 4) is 0 Å². The number of hydrogen-bond acceptors (Lipinski definition) is 2. The molecule has 0 aromatic heterocycles. The highest BCUT2D eigenvalue weighted by Gasteiger charge is 2.43. The summed E-state index contributed by atoms with van der Waals surface area (Å²) in [5.74, 6) is 0. The monoisotopic (exact) mass is 196 g/mol. The minimum atomic E-state index is 0.383. The Morgan fingerprint density at radius 3 is 2.21 bits per heavy atom. The van der Waals surface area contributed by atoms with Crippen LogP contribution in [0.15, 0.2) is 0 Å². The van der Waals surface area contributed by atoms with E-state index in [1.807, 2.05) is 0 Å². The normalized spacial score (nSPS) is 31.1. The Labute approximate surface area is 87.8 Å². The van der Waals surface area contributed by atoms with Crippen molar-refractivity contribution in [1.29, 1.82) is 0 Å². The molecule has 14 heavy (non-hydrogen) atoms. The van der Waals surface area contributed by atoms with Crippen LogP contribution < -0.4 is 5.73 Å². The predicted molar refractivity (Wildman–Crippen MR) is 60.2 cm³/mol. The van der Waals surface area contributed by atoms with Crippen LogP contribution in [-0.4, -0.2) is 30.1 Å². The summed E-state index contributed by atoms with van der Waals surface area (Å²) in [4.78, 5) is 2.68. The molecule has 0 unspecified atom stereocenters. The standard InChI is InChI=1S/C12H24N2/c1-11(2)7-8-14(10-11)12(9-13)5-3-4-6-12/h3-10,13H2,1-2H3. The molecule has 1 heterocycles. The summed E-state index contributed by atoms with van der Waals surface area (Å²) in [6.45, 7) is 8.15. The third-order valence-corrected chi connectivity index (χ3v) is 4.26. The Hall–Kier alpha value is -0.0800. The molecule has 2 nitrogen and oxygen atoms in total. The fourth-order valence-corrected chi connectivity index (χ4v) is 3.20. The maximum Gasteiger partial charge on any atom is 0.0331 e. The van der Waals surface area contributed by atoms with Gasteiger partial charge in [0, 0.05) is 18.6 Å². The fourth-order valence-electron chi connectivity index (χ4n) is 3.20. The molecule has 2 rings (SSSR count). The van der Waals surface area contributed by atoms with Gasteiger partial charge in [0.15, 0.2) is 0 Å². The van der Waals surface area contributed by atoms with Gasteiger partial charge in [-0.3, -0.25) is 4.90 Å². The van der Waals surface area contributed by atoms with Crippen LogP contribution in [0.5, 0.6) is 0 Å². The summed E-state index contributed by atoms with van der Waals surface area (Å²) in [6.07, 6.45) is 6.77. The fraction of sp³-hybridized carbons (Fsp3) is 1.00. The van der Waals surface area contributed by atoms with E-state index in [9.17, 15) is 0 Å². The molecule has 0 aromatic carbocycles. The van der Waals surface area contributed by atoms with Gasteiger partial charge in [0.25, 0.3) is 0 Å². The third-order valence-electron chi connectivity index (χ3n) is 4.26. The molecule has 2 heteroatoms. The van der Waals surface area contributed by atoms with Crippen molar-refractivity contribution < 1.29 is 0 Å². The van der Waals surface area contributed by atoms with E-state index in [2.05, 4.69) is 18.7 Å². The second-order valence-corrected chi connectivity index (χ2v) is 5.97. The van der Waals surface area contributed by atoms with Gasteiger partial charge in [-0.25, -0.2) is 0 Å². The summed E-state index contributed by atoms with van der Waals surface area (Å²) in [5.41, 5.74) is 6.90. The van der Waals surface area contributed by atoms with E-state index in [4.69, 9.17) is 5.73 Å². The average Bonchev–Trinajstić information content (AvgIpc) is 2.72. The quantitative estimate of drug-likeness (QED) is 0.732. The number of rotatable bonds is 2. The molecule has 1 saturated carbocycles. The number of nitrogens with two attached hydrogens (primary N) is 1. The summed E-state index contributed by atoms with van der Waals surface area (Å²) in [5, 5.41) is 0. The van der Waals surface area contributed by atoms with Gasteiger partial charge in [0.1, 0.15) is 0 Å². The van der Waals surface area contributed by atoms with Crippen molar-refractivity contribution in [1.82, 2.24) is 4.90 Å². The lowest BCUT2D eigenvalue weighted by atomic mass is 9.92. The molecule has 2 aliphatic rings. The molecule has 0 bridgehead atoms. The Balaban J connectivity index is 2.07. The van der Waals surface area contributed by atoms with Gasteiger partial charge in [-0.15, -0.1) is 0 Å². The van der Waals surface area contributed by atoms with Crippen molar-refractivity contribution in [3.63, 3.8) is 0 Å². The molecule has 82 valence electrons. The van der Waals surface area contributed by atoms with Crippen molar-refractivity contribution in [2.75, 3.05) is 19.6 Å².